The van der Waals surface area contributed by atoms with E-state index in [-0.39, 0.29) is 11.6 Å². The van der Waals surface area contributed by atoms with Crippen LogP contribution in [0.3, 0.4) is 0 Å². The van der Waals surface area contributed by atoms with Crippen LogP contribution in [0.5, 0.6) is 0 Å². The van der Waals surface area contributed by atoms with Crippen molar-refractivity contribution in [2.75, 3.05) is 0 Å². The van der Waals surface area contributed by atoms with Crippen LogP contribution in [0.1, 0.15) is 0 Å². The van der Waals surface area contributed by atoms with Crippen LogP contribution in [0.2, 0.25) is 0 Å². The van der Waals surface area contributed by atoms with Crippen molar-refractivity contribution in [2.45, 2.75) is 0 Å². The monoisotopic (exact) mass is 328 g/mol. The van der Waals surface area contributed by atoms with Gasteiger partial charge in [0.25, 0.3) is 0 Å². The molecule has 0 aliphatic rings. The van der Waals surface area contributed by atoms with Crippen LogP contribution < -0.4 is 10.8 Å². The maximum Gasteiger partial charge on any atom is 0.176 e. The van der Waals surface area contributed by atoms with Gasteiger partial charge in [0.2, 0.25) is 0 Å². The van der Waals surface area contributed by atoms with E-state index in [1.807, 2.05) is 6.07 Å². The number of rotatable bonds is 3. The number of nitrogens with two attached hydrogens (primary N) is 1. The van der Waals surface area contributed by atoms with Crippen LogP contribution in [0.15, 0.2) is 66.7 Å². The average molecular weight is 328 g/mol. The lowest BCUT2D eigenvalue weighted by Gasteiger charge is -2.14. The van der Waals surface area contributed by atoms with Gasteiger partial charge in [-0.3, -0.25) is 10.1 Å². The Bertz CT molecular complexity index is 861. The Hall–Kier alpha value is -2.42. The summed E-state index contributed by atoms with van der Waals surface area (Å²) in [6, 6.07) is 17.2. The van der Waals surface area contributed by atoms with Crippen LogP contribution in [0.4, 0.5) is 8.78 Å². The van der Waals surface area contributed by atoms with Crippen molar-refractivity contribution in [1.29, 1.82) is 0 Å². The Morgan fingerprint density at radius 3 is 1.78 bits per heavy atom. The molecule has 0 fully saturated rings. The fourth-order valence-electron chi connectivity index (χ4n) is 2.51. The smallest absolute Gasteiger partial charge is 0.176 e. The molecule has 0 aromatic heterocycles. The van der Waals surface area contributed by atoms with E-state index < -0.39 is 7.95 Å². The molecule has 5 heteroatoms. The minimum absolute atomic E-state index is 0.335. The minimum Gasteiger partial charge on any atom is -0.265 e. The van der Waals surface area contributed by atoms with Gasteiger partial charge in [-0.2, -0.15) is 0 Å². The van der Waals surface area contributed by atoms with Gasteiger partial charge in [0.05, 0.1) is 5.30 Å². The highest BCUT2D eigenvalue weighted by Gasteiger charge is 2.15. The molecule has 0 bridgehead atoms. The first-order valence-electron chi connectivity index (χ1n) is 6.93. The average Bonchev–Trinajstić information content (AvgIpc) is 2.55. The highest BCUT2D eigenvalue weighted by Crippen LogP contribution is 2.34. The molecule has 23 heavy (non-hydrogen) atoms. The second kappa shape index (κ2) is 6.37. The molecule has 0 saturated carbocycles. The maximum absolute atomic E-state index is 13.2. The van der Waals surface area contributed by atoms with E-state index in [1.54, 1.807) is 36.4 Å². The second-order valence-electron chi connectivity index (χ2n) is 5.04. The predicted molar refractivity (Wildman–Crippen MR) is 88.7 cm³/mol. The van der Waals surface area contributed by atoms with Gasteiger partial charge < -0.3 is 0 Å². The summed E-state index contributed by atoms with van der Waals surface area (Å²) in [5.41, 5.74) is 8.54. The summed E-state index contributed by atoms with van der Waals surface area (Å²) in [7, 11) is -2.08. The van der Waals surface area contributed by atoms with Crippen LogP contribution in [-0.2, 0) is 4.57 Å². The molecule has 0 saturated heterocycles. The summed E-state index contributed by atoms with van der Waals surface area (Å²) in [4.78, 5) is 0. The maximum atomic E-state index is 13.2. The van der Waals surface area contributed by atoms with Gasteiger partial charge in [-0.25, -0.2) is 8.78 Å². The number of benzene rings is 3. The molecule has 0 spiro atoms. The second-order valence-corrected chi connectivity index (χ2v) is 6.17. The zero-order valence-electron chi connectivity index (χ0n) is 12.0. The van der Waals surface area contributed by atoms with E-state index in [0.717, 1.165) is 11.1 Å². The van der Waals surface area contributed by atoms with Crippen molar-refractivity contribution in [3.05, 3.63) is 78.4 Å². The molecule has 0 aliphatic carbocycles. The zero-order chi connectivity index (χ0) is 16.4. The Balaban J connectivity index is 2.27. The first kappa shape index (κ1) is 15.5. The quantitative estimate of drug-likeness (QED) is 0.713. The molecular formula is C18H13F2NOP. The van der Waals surface area contributed by atoms with Gasteiger partial charge in [-0.15, -0.1) is 0 Å². The highest BCUT2D eigenvalue weighted by atomic mass is 31.1. The third kappa shape index (κ3) is 3.19. The molecule has 1 atom stereocenters. The van der Waals surface area contributed by atoms with E-state index in [2.05, 4.69) is 0 Å². The molecule has 1 radical (unpaired) electrons. The zero-order valence-corrected chi connectivity index (χ0v) is 12.9. The van der Waals surface area contributed by atoms with Crippen molar-refractivity contribution in [1.82, 2.24) is 0 Å². The first-order valence-corrected chi connectivity index (χ1v) is 8.26. The van der Waals surface area contributed by atoms with E-state index in [9.17, 15) is 13.3 Å². The van der Waals surface area contributed by atoms with Crippen LogP contribution >= 0.6 is 7.95 Å². The summed E-state index contributed by atoms with van der Waals surface area (Å²) in [6.45, 7) is 0. The largest absolute Gasteiger partial charge is 0.265 e. The lowest BCUT2D eigenvalue weighted by atomic mass is 9.94. The fraction of sp³-hybridized carbons (Fsp3) is 0. The number of halogens is 2. The topological polar surface area (TPSA) is 43.1 Å². The summed E-state index contributed by atoms with van der Waals surface area (Å²) < 4.78 is 38.3. The minimum atomic E-state index is -2.08. The Morgan fingerprint density at radius 1 is 0.739 bits per heavy atom. The van der Waals surface area contributed by atoms with E-state index in [0.29, 0.717) is 16.4 Å². The molecule has 3 aromatic rings. The predicted octanol–water partition coefficient (Wildman–Crippen LogP) is 4.63. The lowest BCUT2D eigenvalue weighted by Crippen LogP contribution is -2.07. The number of hydrogen-bond acceptors (Lipinski definition) is 1. The van der Waals surface area contributed by atoms with Crippen molar-refractivity contribution >= 4 is 13.3 Å². The molecule has 0 amide bonds. The van der Waals surface area contributed by atoms with Crippen molar-refractivity contribution < 1.29 is 13.3 Å². The molecule has 3 rings (SSSR count). The van der Waals surface area contributed by atoms with Crippen LogP contribution in [-0.4, -0.2) is 0 Å². The summed E-state index contributed by atoms with van der Waals surface area (Å²) >= 11 is 0. The third-order valence-electron chi connectivity index (χ3n) is 3.57. The fourth-order valence-corrected chi connectivity index (χ4v) is 3.22. The molecule has 115 valence electrons. The Morgan fingerprint density at radius 2 is 1.26 bits per heavy atom. The SMILES string of the molecule is N[P](=O)c1cccc(-c2ccc(F)cc2)c1-c1ccc(F)cc1. The van der Waals surface area contributed by atoms with Gasteiger partial charge in [0.1, 0.15) is 11.6 Å². The molecule has 3 aromatic carbocycles. The molecule has 0 aliphatic heterocycles. The Kier molecular flexibility index (Phi) is 4.28. The van der Waals surface area contributed by atoms with Crippen molar-refractivity contribution in [3.8, 4) is 22.3 Å². The van der Waals surface area contributed by atoms with E-state index >= 15 is 0 Å². The molecule has 1 unspecified atom stereocenters. The normalized spacial score (nSPS) is 11.3. The van der Waals surface area contributed by atoms with Gasteiger partial charge in [0, 0.05) is 5.56 Å². The van der Waals surface area contributed by atoms with E-state index in [4.69, 9.17) is 5.50 Å². The first-order chi connectivity index (χ1) is 11.1. The van der Waals surface area contributed by atoms with Crippen molar-refractivity contribution in [3.63, 3.8) is 0 Å². The standard InChI is InChI=1S/C18H13F2NOP/c19-14-8-4-12(5-9-14)16-2-1-3-17(23(21)22)18(16)13-6-10-15(20)11-7-13/h1-11H,(H2,21,22). The molecular weight excluding hydrogens is 315 g/mol. The lowest BCUT2D eigenvalue weighted by molar-refractivity contribution is 0.594. The molecule has 2 nitrogen and oxygen atoms in total. The van der Waals surface area contributed by atoms with Gasteiger partial charge in [0.15, 0.2) is 7.95 Å². The summed E-state index contributed by atoms with van der Waals surface area (Å²) in [6.07, 6.45) is 0. The van der Waals surface area contributed by atoms with Gasteiger partial charge in [-0.1, -0.05) is 36.4 Å². The summed E-state index contributed by atoms with van der Waals surface area (Å²) in [5, 5.41) is 0.480. The third-order valence-corrected chi connectivity index (χ3v) is 4.42. The van der Waals surface area contributed by atoms with Gasteiger partial charge in [-0.05, 0) is 47.0 Å². The highest BCUT2D eigenvalue weighted by molar-refractivity contribution is 7.51. The van der Waals surface area contributed by atoms with E-state index in [1.165, 1.54) is 24.3 Å². The van der Waals surface area contributed by atoms with Crippen LogP contribution in [0.25, 0.3) is 22.3 Å². The Labute approximate surface area is 133 Å². The van der Waals surface area contributed by atoms with Crippen molar-refractivity contribution in [2.24, 2.45) is 5.50 Å². The number of hydrogen-bond donors (Lipinski definition) is 1. The molecule has 0 heterocycles. The van der Waals surface area contributed by atoms with Crippen LogP contribution in [0, 0.1) is 11.6 Å². The summed E-state index contributed by atoms with van der Waals surface area (Å²) in [5.74, 6) is -0.690. The van der Waals surface area contributed by atoms with Gasteiger partial charge >= 0.3 is 0 Å². The molecule has 2 N–H and O–H groups in total.